The molecule has 1 aromatic carbocycles. The van der Waals surface area contributed by atoms with Crippen LogP contribution >= 0.6 is 0 Å². The van der Waals surface area contributed by atoms with Crippen LogP contribution in [0.3, 0.4) is 0 Å². The third-order valence-corrected chi connectivity index (χ3v) is 4.07. The summed E-state index contributed by atoms with van der Waals surface area (Å²) in [7, 11) is 0. The summed E-state index contributed by atoms with van der Waals surface area (Å²) in [5, 5.41) is 0. The first-order chi connectivity index (χ1) is 9.00. The zero-order chi connectivity index (χ0) is 13.6. The van der Waals surface area contributed by atoms with Crippen LogP contribution < -0.4 is 5.73 Å². The molecule has 1 fully saturated rings. The van der Waals surface area contributed by atoms with Crippen LogP contribution in [0.5, 0.6) is 0 Å². The molecule has 3 nitrogen and oxygen atoms in total. The Bertz CT molecular complexity index is 539. The highest BCUT2D eigenvalue weighted by molar-refractivity contribution is 5.81. The topological polar surface area (TPSA) is 41.6 Å². The Morgan fingerprint density at radius 1 is 1.42 bits per heavy atom. The molecule has 2 N–H and O–H groups in total. The maximum absolute atomic E-state index is 14.0. The molecular weight excluding hydrogens is 248 g/mol. The van der Waals surface area contributed by atoms with Crippen molar-refractivity contribution >= 4 is 5.96 Å². The molecule has 1 aliphatic heterocycles. The minimum atomic E-state index is -0.682. The van der Waals surface area contributed by atoms with Gasteiger partial charge in [-0.15, -0.1) is 0 Å². The maximum atomic E-state index is 14.0. The Kier molecular flexibility index (Phi) is 2.73. The summed E-state index contributed by atoms with van der Waals surface area (Å²) in [5.74, 6) is 0.185. The first-order valence-corrected chi connectivity index (χ1v) is 6.54. The summed E-state index contributed by atoms with van der Waals surface area (Å²) in [5.41, 5.74) is 5.57. The average molecular weight is 265 g/mol. The van der Waals surface area contributed by atoms with Gasteiger partial charge in [-0.2, -0.15) is 0 Å². The fraction of sp³-hybridized carbons (Fsp3) is 0.500. The number of rotatable bonds is 3. The van der Waals surface area contributed by atoms with E-state index in [1.807, 2.05) is 11.8 Å². The molecule has 0 aromatic heterocycles. The minimum absolute atomic E-state index is 0.331. The third-order valence-electron chi connectivity index (χ3n) is 4.07. The smallest absolute Gasteiger partial charge is 0.192 e. The van der Waals surface area contributed by atoms with Gasteiger partial charge in [0, 0.05) is 12.1 Å². The summed E-state index contributed by atoms with van der Waals surface area (Å²) < 4.78 is 27.5. The normalized spacial score (nSPS) is 26.7. The van der Waals surface area contributed by atoms with Gasteiger partial charge < -0.3 is 10.6 Å². The molecule has 3 rings (SSSR count). The highest BCUT2D eigenvalue weighted by atomic mass is 19.1. The molecule has 5 heteroatoms. The second-order valence-corrected chi connectivity index (χ2v) is 5.63. The number of hydrogen-bond donors (Lipinski definition) is 1. The second kappa shape index (κ2) is 4.18. The van der Waals surface area contributed by atoms with Crippen LogP contribution in [0.25, 0.3) is 0 Å². The number of nitrogens with zero attached hydrogens (tertiary/aromatic N) is 2. The van der Waals surface area contributed by atoms with Gasteiger partial charge in [0.2, 0.25) is 0 Å². The van der Waals surface area contributed by atoms with E-state index in [1.165, 1.54) is 25.0 Å². The van der Waals surface area contributed by atoms with Crippen LogP contribution in [-0.2, 0) is 5.54 Å². The predicted octanol–water partition coefficient (Wildman–Crippen LogP) is 2.22. The van der Waals surface area contributed by atoms with Gasteiger partial charge in [-0.25, -0.2) is 8.78 Å². The SMILES string of the molecule is CC1(c2cc(F)ccc2F)CN=C(N)N1CC1CC1. The second-order valence-electron chi connectivity index (χ2n) is 5.63. The minimum Gasteiger partial charge on any atom is -0.370 e. The lowest BCUT2D eigenvalue weighted by Crippen LogP contribution is -2.48. The van der Waals surface area contributed by atoms with Crippen LogP contribution in [0, 0.1) is 17.6 Å². The highest BCUT2D eigenvalue weighted by Crippen LogP contribution is 2.39. The fourth-order valence-corrected chi connectivity index (χ4v) is 2.65. The third kappa shape index (κ3) is 2.07. The number of nitrogens with two attached hydrogens (primary N) is 1. The maximum Gasteiger partial charge on any atom is 0.192 e. The van der Waals surface area contributed by atoms with Gasteiger partial charge >= 0.3 is 0 Å². The van der Waals surface area contributed by atoms with Crippen LogP contribution in [0.1, 0.15) is 25.3 Å². The lowest BCUT2D eigenvalue weighted by Gasteiger charge is -2.37. The van der Waals surface area contributed by atoms with E-state index in [0.29, 0.717) is 24.0 Å². The number of aliphatic imine (C=N–C) groups is 1. The summed E-state index contributed by atoms with van der Waals surface area (Å²) in [6.45, 7) is 3.00. The molecule has 1 aromatic rings. The van der Waals surface area contributed by atoms with Crippen molar-refractivity contribution in [3.05, 3.63) is 35.4 Å². The van der Waals surface area contributed by atoms with Crippen molar-refractivity contribution in [2.45, 2.75) is 25.3 Å². The molecule has 1 aliphatic carbocycles. The summed E-state index contributed by atoms with van der Waals surface area (Å²) in [4.78, 5) is 6.15. The van der Waals surface area contributed by atoms with E-state index in [2.05, 4.69) is 4.99 Å². The van der Waals surface area contributed by atoms with Gasteiger partial charge in [-0.1, -0.05) is 0 Å². The van der Waals surface area contributed by atoms with Crippen molar-refractivity contribution in [3.8, 4) is 0 Å². The van der Waals surface area contributed by atoms with Crippen LogP contribution in [0.2, 0.25) is 0 Å². The van der Waals surface area contributed by atoms with Crippen molar-refractivity contribution in [2.24, 2.45) is 16.6 Å². The molecule has 1 unspecified atom stereocenters. The van der Waals surface area contributed by atoms with E-state index in [9.17, 15) is 8.78 Å². The quantitative estimate of drug-likeness (QED) is 0.910. The first-order valence-electron chi connectivity index (χ1n) is 6.54. The van der Waals surface area contributed by atoms with E-state index < -0.39 is 17.2 Å². The first kappa shape index (κ1) is 12.4. The molecule has 102 valence electrons. The number of guanidine groups is 1. The Morgan fingerprint density at radius 2 is 2.16 bits per heavy atom. The fourth-order valence-electron chi connectivity index (χ4n) is 2.65. The van der Waals surface area contributed by atoms with Crippen molar-refractivity contribution in [1.82, 2.24) is 4.90 Å². The van der Waals surface area contributed by atoms with Crippen molar-refractivity contribution < 1.29 is 8.78 Å². The van der Waals surface area contributed by atoms with Gasteiger partial charge in [0.1, 0.15) is 11.6 Å². The molecule has 0 radical (unpaired) electrons. The zero-order valence-electron chi connectivity index (χ0n) is 10.9. The van der Waals surface area contributed by atoms with E-state index in [4.69, 9.17) is 5.73 Å². The molecule has 1 saturated carbocycles. The van der Waals surface area contributed by atoms with Crippen LogP contribution in [0.4, 0.5) is 8.78 Å². The number of hydrogen-bond acceptors (Lipinski definition) is 3. The van der Waals surface area contributed by atoms with E-state index in [1.54, 1.807) is 0 Å². The number of halogens is 2. The molecular formula is C14H17F2N3. The zero-order valence-corrected chi connectivity index (χ0v) is 10.9. The number of benzene rings is 1. The van der Waals surface area contributed by atoms with Gasteiger partial charge in [0.05, 0.1) is 12.1 Å². The average Bonchev–Trinajstić information content (AvgIpc) is 3.15. The van der Waals surface area contributed by atoms with E-state index in [0.717, 1.165) is 12.6 Å². The molecule has 0 saturated heterocycles. The standard InChI is InChI=1S/C14H17F2N3/c1-14(11-6-10(15)4-5-12(11)16)8-18-13(17)19(14)7-9-2-3-9/h4-6,9H,2-3,7-8H2,1H3,(H2,17,18). The van der Waals surface area contributed by atoms with Crippen molar-refractivity contribution in [3.63, 3.8) is 0 Å². The van der Waals surface area contributed by atoms with Crippen LogP contribution in [0.15, 0.2) is 23.2 Å². The largest absolute Gasteiger partial charge is 0.370 e. The Labute approximate surface area is 111 Å². The van der Waals surface area contributed by atoms with Gasteiger partial charge in [0.25, 0.3) is 0 Å². The molecule has 0 amide bonds. The Hall–Kier alpha value is -1.65. The van der Waals surface area contributed by atoms with Gasteiger partial charge in [0.15, 0.2) is 5.96 Å². The molecule has 1 atom stereocenters. The summed E-state index contributed by atoms with van der Waals surface area (Å²) in [6, 6.07) is 3.55. The highest BCUT2D eigenvalue weighted by Gasteiger charge is 2.43. The lowest BCUT2D eigenvalue weighted by atomic mass is 9.90. The molecule has 1 heterocycles. The van der Waals surface area contributed by atoms with Crippen LogP contribution in [-0.4, -0.2) is 23.9 Å². The molecule has 19 heavy (non-hydrogen) atoms. The lowest BCUT2D eigenvalue weighted by molar-refractivity contribution is 0.210. The monoisotopic (exact) mass is 265 g/mol. The van der Waals surface area contributed by atoms with Gasteiger partial charge in [-0.05, 0) is 43.9 Å². The molecule has 2 aliphatic rings. The summed E-state index contributed by atoms with van der Waals surface area (Å²) >= 11 is 0. The Balaban J connectivity index is 1.98. The summed E-state index contributed by atoms with van der Waals surface area (Å²) in [6.07, 6.45) is 2.34. The molecule has 0 spiro atoms. The van der Waals surface area contributed by atoms with Gasteiger partial charge in [-0.3, -0.25) is 4.99 Å². The van der Waals surface area contributed by atoms with E-state index in [-0.39, 0.29) is 0 Å². The predicted molar refractivity (Wildman–Crippen MR) is 69.6 cm³/mol. The van der Waals surface area contributed by atoms with Crippen molar-refractivity contribution in [1.29, 1.82) is 0 Å². The van der Waals surface area contributed by atoms with E-state index >= 15 is 0 Å². The Morgan fingerprint density at radius 3 is 2.84 bits per heavy atom. The van der Waals surface area contributed by atoms with Crippen molar-refractivity contribution in [2.75, 3.05) is 13.1 Å². The molecule has 0 bridgehead atoms.